The number of nitrogens with one attached hydrogen (secondary N) is 2. The van der Waals surface area contributed by atoms with E-state index in [9.17, 15) is 19.5 Å². The molecular formula is C11H14N8O4. The Hall–Kier alpha value is -3.31. The third-order valence-electron chi connectivity index (χ3n) is 3.76. The van der Waals surface area contributed by atoms with Gasteiger partial charge >= 0.3 is 12.1 Å². The van der Waals surface area contributed by atoms with Crippen LogP contribution in [0.15, 0.2) is 5.10 Å². The van der Waals surface area contributed by atoms with E-state index in [-0.39, 0.29) is 17.5 Å². The summed E-state index contributed by atoms with van der Waals surface area (Å²) in [6.45, 7) is 0. The predicted octanol–water partition coefficient (Wildman–Crippen LogP) is -1.61. The van der Waals surface area contributed by atoms with Crippen LogP contribution in [-0.4, -0.2) is 74.8 Å². The van der Waals surface area contributed by atoms with Crippen LogP contribution in [0.5, 0.6) is 5.88 Å². The number of rotatable bonds is 1. The van der Waals surface area contributed by atoms with Gasteiger partial charge in [-0.3, -0.25) is 14.6 Å². The lowest BCUT2D eigenvalue weighted by atomic mass is 9.88. The molecule has 1 fully saturated rings. The number of carbonyl (C=O) groups excluding carboxylic acids is 3. The number of imidazole rings is 1. The topological polar surface area (TPSA) is 160 Å². The maximum Gasteiger partial charge on any atom is 0.339 e. The third kappa shape index (κ3) is 1.68. The number of hydrogen-bond acceptors (Lipinski definition) is 7. The molecule has 0 saturated carbocycles. The number of nitrogens with zero attached hydrogens (tertiary/aromatic N) is 5. The van der Waals surface area contributed by atoms with E-state index in [2.05, 4.69) is 20.4 Å². The Labute approximate surface area is 129 Å². The van der Waals surface area contributed by atoms with Gasteiger partial charge in [-0.1, -0.05) is 0 Å². The second kappa shape index (κ2) is 4.34. The number of fused-ring (bicyclic) bond motifs is 1. The Morgan fingerprint density at radius 1 is 1.17 bits per heavy atom. The van der Waals surface area contributed by atoms with Crippen molar-refractivity contribution in [2.75, 3.05) is 26.9 Å². The van der Waals surface area contributed by atoms with Gasteiger partial charge in [0.25, 0.3) is 5.91 Å². The van der Waals surface area contributed by atoms with Gasteiger partial charge in [0.05, 0.1) is 0 Å². The first-order chi connectivity index (χ1) is 10.7. The van der Waals surface area contributed by atoms with Gasteiger partial charge < -0.3 is 21.1 Å². The lowest BCUT2D eigenvalue weighted by Gasteiger charge is -2.46. The molecule has 1 atom stereocenters. The number of nitrogens with two attached hydrogens (primary N) is 1. The quantitative estimate of drug-likeness (QED) is 0.486. The summed E-state index contributed by atoms with van der Waals surface area (Å²) in [5, 5.41) is 17.4. The molecule has 0 bridgehead atoms. The zero-order valence-corrected chi connectivity index (χ0v) is 12.5. The molecule has 3 rings (SSSR count). The Bertz CT molecular complexity index is 770. The molecule has 0 spiro atoms. The lowest BCUT2D eigenvalue weighted by Crippen LogP contribution is -2.74. The average Bonchev–Trinajstić information content (AvgIpc) is 2.84. The fraction of sp³-hybridized carbons (Fsp3) is 0.364. The van der Waals surface area contributed by atoms with Gasteiger partial charge in [-0.05, 0) is 0 Å². The van der Waals surface area contributed by atoms with Crippen LogP contribution in [0.1, 0.15) is 5.69 Å². The Kier molecular flexibility index (Phi) is 2.76. The average molecular weight is 322 g/mol. The molecule has 1 saturated heterocycles. The fourth-order valence-electron chi connectivity index (χ4n) is 2.61. The largest absolute Gasteiger partial charge is 0.492 e. The standard InChI is InChI=1S/C11H14N8O4/c1-17-6-11(7(21)18(2)10(17)23,15-9(22)19(3)16-6)4-5(20)14-8(12)13-4/h20H,1-3H3,(H,15,22)(H3,12,13,14). The smallest absolute Gasteiger partial charge is 0.339 e. The number of carbonyl (C=O) groups is 3. The van der Waals surface area contributed by atoms with Crippen molar-refractivity contribution in [2.24, 2.45) is 5.10 Å². The number of aromatic amines is 1. The van der Waals surface area contributed by atoms with Gasteiger partial charge in [0, 0.05) is 21.1 Å². The van der Waals surface area contributed by atoms with Gasteiger partial charge in [-0.15, -0.1) is 0 Å². The number of aromatic hydroxyl groups is 1. The highest BCUT2D eigenvalue weighted by Crippen LogP contribution is 2.37. The summed E-state index contributed by atoms with van der Waals surface area (Å²) >= 11 is 0. The maximum absolute atomic E-state index is 12.8. The summed E-state index contributed by atoms with van der Waals surface area (Å²) in [6.07, 6.45) is 0. The molecule has 0 aliphatic carbocycles. The molecule has 12 nitrogen and oxygen atoms in total. The first-order valence-electron chi connectivity index (χ1n) is 6.46. The first-order valence-corrected chi connectivity index (χ1v) is 6.46. The normalized spacial score (nSPS) is 24.6. The van der Waals surface area contributed by atoms with Crippen LogP contribution in [0.2, 0.25) is 0 Å². The molecule has 5 N–H and O–H groups in total. The van der Waals surface area contributed by atoms with Crippen LogP contribution in [0.4, 0.5) is 15.5 Å². The second-order valence-electron chi connectivity index (χ2n) is 5.15. The minimum Gasteiger partial charge on any atom is -0.492 e. The van der Waals surface area contributed by atoms with Crippen LogP contribution < -0.4 is 11.1 Å². The Morgan fingerprint density at radius 2 is 1.83 bits per heavy atom. The van der Waals surface area contributed by atoms with E-state index in [1.54, 1.807) is 0 Å². The summed E-state index contributed by atoms with van der Waals surface area (Å²) in [5.41, 5.74) is 3.40. The number of nitrogen functional groups attached to an aromatic ring is 1. The number of aromatic nitrogens is 2. The molecule has 12 heteroatoms. The van der Waals surface area contributed by atoms with E-state index in [0.29, 0.717) is 0 Å². The molecule has 1 aromatic rings. The maximum atomic E-state index is 12.8. The number of H-pyrrole nitrogens is 1. The van der Waals surface area contributed by atoms with Gasteiger partial charge in [0.1, 0.15) is 5.69 Å². The Balaban J connectivity index is 2.33. The lowest BCUT2D eigenvalue weighted by molar-refractivity contribution is -0.133. The van der Waals surface area contributed by atoms with E-state index < -0.39 is 29.4 Å². The molecule has 122 valence electrons. The molecular weight excluding hydrogens is 308 g/mol. The highest BCUT2D eigenvalue weighted by molar-refractivity contribution is 6.25. The number of hydrogen-bond donors (Lipinski definition) is 4. The van der Waals surface area contributed by atoms with E-state index in [4.69, 9.17) is 5.73 Å². The number of amidine groups is 1. The molecule has 1 unspecified atom stereocenters. The van der Waals surface area contributed by atoms with Crippen molar-refractivity contribution in [2.45, 2.75) is 5.54 Å². The van der Waals surface area contributed by atoms with Gasteiger partial charge in [-0.25, -0.2) is 14.6 Å². The number of urea groups is 2. The number of anilines is 1. The van der Waals surface area contributed by atoms with Crippen molar-refractivity contribution in [3.63, 3.8) is 0 Å². The number of hydrazone groups is 1. The number of amides is 5. The van der Waals surface area contributed by atoms with Crippen LogP contribution in [0.25, 0.3) is 0 Å². The summed E-state index contributed by atoms with van der Waals surface area (Å²) in [4.78, 5) is 45.1. The fourth-order valence-corrected chi connectivity index (χ4v) is 2.61. The summed E-state index contributed by atoms with van der Waals surface area (Å²) < 4.78 is 0. The summed E-state index contributed by atoms with van der Waals surface area (Å²) in [5.74, 6) is -1.63. The van der Waals surface area contributed by atoms with E-state index in [1.165, 1.54) is 21.1 Å². The Morgan fingerprint density at radius 3 is 2.39 bits per heavy atom. The molecule has 0 aromatic carbocycles. The van der Waals surface area contributed by atoms with Crippen LogP contribution >= 0.6 is 0 Å². The SMILES string of the molecule is CN1N=C2N(C)C(=O)N(C)C(=O)C2(c2[nH]c(N)nc2O)NC1=O. The van der Waals surface area contributed by atoms with Crippen molar-refractivity contribution in [1.29, 1.82) is 0 Å². The van der Waals surface area contributed by atoms with Crippen molar-refractivity contribution >= 4 is 29.8 Å². The molecule has 0 radical (unpaired) electrons. The van der Waals surface area contributed by atoms with Crippen LogP contribution in [0, 0.1) is 0 Å². The highest BCUT2D eigenvalue weighted by atomic mass is 16.3. The summed E-state index contributed by atoms with van der Waals surface area (Å²) in [7, 11) is 4.00. The van der Waals surface area contributed by atoms with Gasteiger partial charge in [0.2, 0.25) is 17.4 Å². The molecule has 23 heavy (non-hydrogen) atoms. The number of likely N-dealkylation sites (N-methyl/N-ethyl adjacent to an activating group) is 2. The van der Waals surface area contributed by atoms with Gasteiger partial charge in [-0.2, -0.15) is 10.1 Å². The van der Waals surface area contributed by atoms with E-state index >= 15 is 0 Å². The van der Waals surface area contributed by atoms with Gasteiger partial charge in [0.15, 0.2) is 5.84 Å². The zero-order valence-electron chi connectivity index (χ0n) is 12.5. The third-order valence-corrected chi connectivity index (χ3v) is 3.76. The minimum atomic E-state index is -1.93. The highest BCUT2D eigenvalue weighted by Gasteiger charge is 2.60. The van der Waals surface area contributed by atoms with Crippen LogP contribution in [0.3, 0.4) is 0 Å². The van der Waals surface area contributed by atoms with E-state index in [1.807, 2.05) is 0 Å². The monoisotopic (exact) mass is 322 g/mol. The van der Waals surface area contributed by atoms with Crippen molar-refractivity contribution in [1.82, 2.24) is 30.1 Å². The van der Waals surface area contributed by atoms with E-state index in [0.717, 1.165) is 14.8 Å². The van der Waals surface area contributed by atoms with Crippen molar-refractivity contribution in [3.05, 3.63) is 5.69 Å². The predicted molar refractivity (Wildman–Crippen MR) is 76.0 cm³/mol. The van der Waals surface area contributed by atoms with Crippen molar-refractivity contribution < 1.29 is 19.5 Å². The minimum absolute atomic E-state index is 0.0911. The number of imide groups is 1. The molecule has 1 aromatic heterocycles. The van der Waals surface area contributed by atoms with Crippen molar-refractivity contribution in [3.8, 4) is 5.88 Å². The first kappa shape index (κ1) is 14.6. The molecule has 2 aliphatic rings. The molecule has 5 amide bonds. The molecule has 2 aliphatic heterocycles. The summed E-state index contributed by atoms with van der Waals surface area (Å²) in [6, 6.07) is -1.34. The van der Waals surface area contributed by atoms with Crippen LogP contribution in [-0.2, 0) is 10.3 Å². The zero-order chi connectivity index (χ0) is 17.1. The molecule has 3 heterocycles. The second-order valence-corrected chi connectivity index (χ2v) is 5.15.